The van der Waals surface area contributed by atoms with Crippen molar-refractivity contribution in [3.8, 4) is 0 Å². The van der Waals surface area contributed by atoms with Gasteiger partial charge in [0.1, 0.15) is 18.1 Å². The highest BCUT2D eigenvalue weighted by atomic mass is 16.2. The molecule has 1 aromatic carbocycles. The second kappa shape index (κ2) is 17.5. The number of hydrogen-bond acceptors (Lipinski definition) is 6. The number of rotatable bonds is 15. The zero-order chi connectivity index (χ0) is 38.2. The average Bonchev–Trinajstić information content (AvgIpc) is 3.80. The quantitative estimate of drug-likeness (QED) is 0.130. The summed E-state index contributed by atoms with van der Waals surface area (Å²) < 4.78 is 0. The molecule has 12 nitrogen and oxygen atoms in total. The maximum atomic E-state index is 14.7. The molecule has 0 aromatic heterocycles. The van der Waals surface area contributed by atoms with Gasteiger partial charge in [-0.3, -0.25) is 24.0 Å². The Hall–Kier alpha value is -4.22. The summed E-state index contributed by atoms with van der Waals surface area (Å²) in [7, 11) is 0. The maximum absolute atomic E-state index is 14.7. The molecule has 0 spiro atoms. The molecule has 52 heavy (non-hydrogen) atoms. The Morgan fingerprint density at radius 2 is 1.60 bits per heavy atom. The summed E-state index contributed by atoms with van der Waals surface area (Å²) in [5.41, 5.74) is -0.712. The number of likely N-dealkylation sites (tertiary alicyclic amines) is 1. The van der Waals surface area contributed by atoms with E-state index in [9.17, 15) is 28.8 Å². The van der Waals surface area contributed by atoms with Crippen LogP contribution in [0.5, 0.6) is 0 Å². The van der Waals surface area contributed by atoms with Gasteiger partial charge in [0.2, 0.25) is 23.5 Å². The first-order chi connectivity index (χ1) is 24.6. The van der Waals surface area contributed by atoms with Crippen LogP contribution in [0.3, 0.4) is 0 Å². The average molecular weight is 721 g/mol. The second-order valence-electron chi connectivity index (χ2n) is 16.7. The van der Waals surface area contributed by atoms with Crippen LogP contribution in [0.25, 0.3) is 0 Å². The smallest absolute Gasteiger partial charge is 0.319 e. The van der Waals surface area contributed by atoms with Crippen LogP contribution >= 0.6 is 0 Å². The Labute approximate surface area is 309 Å². The van der Waals surface area contributed by atoms with E-state index in [0.717, 1.165) is 44.9 Å². The van der Waals surface area contributed by atoms with Crippen LogP contribution in [0.15, 0.2) is 43.0 Å². The molecule has 2 aliphatic carbocycles. The fourth-order valence-electron chi connectivity index (χ4n) is 7.75. The minimum atomic E-state index is -1.02. The van der Waals surface area contributed by atoms with Gasteiger partial charge in [-0.25, -0.2) is 4.79 Å². The van der Waals surface area contributed by atoms with Gasteiger partial charge < -0.3 is 31.5 Å². The molecule has 5 N–H and O–H groups in total. The molecule has 3 fully saturated rings. The fourth-order valence-corrected chi connectivity index (χ4v) is 7.75. The Kier molecular flexibility index (Phi) is 13.7. The molecular formula is C40H60N6O6. The largest absolute Gasteiger partial charge is 0.346 e. The van der Waals surface area contributed by atoms with Crippen LogP contribution in [0.4, 0.5) is 10.5 Å². The number of hydrogen-bond donors (Lipinski definition) is 5. The third-order valence-electron chi connectivity index (χ3n) is 11.0. The fraction of sp³-hybridized carbons (Fsp3) is 0.650. The summed E-state index contributed by atoms with van der Waals surface area (Å²) in [4.78, 5) is 84.0. The molecule has 3 aliphatic rings. The van der Waals surface area contributed by atoms with E-state index in [2.05, 4.69) is 33.2 Å². The highest BCUT2D eigenvalue weighted by molar-refractivity contribution is 6.38. The predicted octanol–water partition coefficient (Wildman–Crippen LogP) is 4.71. The van der Waals surface area contributed by atoms with Crippen LogP contribution in [0.1, 0.15) is 99.3 Å². The lowest BCUT2D eigenvalue weighted by molar-refractivity contribution is -0.146. The highest BCUT2D eigenvalue weighted by Gasteiger charge is 2.49. The zero-order valence-corrected chi connectivity index (χ0v) is 31.9. The number of nitrogens with one attached hydrogen (secondary N) is 5. The van der Waals surface area contributed by atoms with Crippen molar-refractivity contribution in [2.24, 2.45) is 28.6 Å². The number of amides is 6. The van der Waals surface area contributed by atoms with Crippen molar-refractivity contribution in [2.45, 2.75) is 123 Å². The van der Waals surface area contributed by atoms with Crippen LogP contribution in [0, 0.1) is 28.6 Å². The number of ketones is 1. The first-order valence-corrected chi connectivity index (χ1v) is 19.0. The second-order valence-corrected chi connectivity index (χ2v) is 16.7. The van der Waals surface area contributed by atoms with Gasteiger partial charge in [-0.05, 0) is 66.4 Å². The molecule has 286 valence electrons. The molecule has 12 heteroatoms. The van der Waals surface area contributed by atoms with Crippen LogP contribution < -0.4 is 26.6 Å². The van der Waals surface area contributed by atoms with Crippen molar-refractivity contribution >= 4 is 41.1 Å². The number of nitrogens with zero attached hydrogens (tertiary/aromatic N) is 1. The predicted molar refractivity (Wildman–Crippen MR) is 201 cm³/mol. The number of anilines is 1. The summed E-state index contributed by atoms with van der Waals surface area (Å²) in [6, 6.07) is 4.62. The van der Waals surface area contributed by atoms with Gasteiger partial charge in [0.05, 0.1) is 6.04 Å². The normalized spacial score (nSPS) is 21.6. The topological polar surface area (TPSA) is 166 Å². The van der Waals surface area contributed by atoms with Crippen molar-refractivity contribution in [3.05, 3.63) is 43.0 Å². The molecule has 1 saturated heterocycles. The molecule has 0 radical (unpaired) electrons. The summed E-state index contributed by atoms with van der Waals surface area (Å²) in [6.45, 7) is 15.6. The highest BCUT2D eigenvalue weighted by Crippen LogP contribution is 2.40. The molecule has 4 rings (SSSR count). The molecule has 6 amide bonds. The van der Waals surface area contributed by atoms with E-state index in [1.165, 1.54) is 6.08 Å². The number of carbonyl (C=O) groups is 6. The molecule has 2 unspecified atom stereocenters. The minimum absolute atomic E-state index is 0.0349. The van der Waals surface area contributed by atoms with E-state index >= 15 is 0 Å². The Morgan fingerprint density at radius 1 is 0.942 bits per heavy atom. The number of urea groups is 1. The van der Waals surface area contributed by atoms with E-state index in [-0.39, 0.29) is 24.3 Å². The summed E-state index contributed by atoms with van der Waals surface area (Å²) in [6.07, 6.45) is 8.61. The molecule has 0 bridgehead atoms. The summed E-state index contributed by atoms with van der Waals surface area (Å²) >= 11 is 0. The van der Waals surface area contributed by atoms with Gasteiger partial charge in [0, 0.05) is 18.8 Å². The first-order valence-electron chi connectivity index (χ1n) is 19.0. The van der Waals surface area contributed by atoms with Crippen molar-refractivity contribution in [1.82, 2.24) is 26.2 Å². The first kappa shape index (κ1) is 40.5. The van der Waals surface area contributed by atoms with Crippen molar-refractivity contribution in [1.29, 1.82) is 0 Å². The van der Waals surface area contributed by atoms with E-state index in [0.29, 0.717) is 25.1 Å². The standard InChI is InChI=1S/C40H60N6O6/c1-8-22-41-35(49)31(47)29(24-26-17-18-26)43-34(48)30-28(25(2)3)19-23-46(30)37(51)33(39(4,5)6)44-36(50)32(40(7)20-13-10-14-21-40)45-38(52)42-27-15-11-9-12-16-27/h8-9,11-12,15-16,25-26,28-30,32-33H,1,10,13-14,17-24H2,2-7H3,(H,41,49)(H,43,48)(H,44,50)(H2,42,45,52)/t28?,29?,30-,32+,33+/m0/s1. The molecule has 1 aliphatic heterocycles. The third kappa shape index (κ3) is 10.4. The lowest BCUT2D eigenvalue weighted by Gasteiger charge is -2.42. The van der Waals surface area contributed by atoms with Gasteiger partial charge in [-0.1, -0.05) is 97.9 Å². The Balaban J connectivity index is 1.58. The molecule has 1 heterocycles. The van der Waals surface area contributed by atoms with Crippen LogP contribution in [-0.4, -0.2) is 77.6 Å². The van der Waals surface area contributed by atoms with Crippen molar-refractivity contribution in [2.75, 3.05) is 18.4 Å². The SMILES string of the molecule is C=CCNC(=O)C(=O)C(CC1CC1)NC(=O)[C@@H]1C(C(C)C)CCN1C(=O)[C@@H](NC(=O)[C@@H](NC(=O)Nc1ccccc1)C1(C)CCCCC1)C(C)(C)C. The van der Waals surface area contributed by atoms with E-state index in [4.69, 9.17) is 0 Å². The minimum Gasteiger partial charge on any atom is -0.346 e. The van der Waals surface area contributed by atoms with Crippen molar-refractivity contribution < 1.29 is 28.8 Å². The zero-order valence-electron chi connectivity index (χ0n) is 31.9. The molecule has 5 atom stereocenters. The molecule has 2 saturated carbocycles. The van der Waals surface area contributed by atoms with Crippen molar-refractivity contribution in [3.63, 3.8) is 0 Å². The van der Waals surface area contributed by atoms with Gasteiger partial charge in [-0.2, -0.15) is 0 Å². The molecule has 1 aromatic rings. The van der Waals surface area contributed by atoms with E-state index in [1.807, 2.05) is 59.7 Å². The van der Waals surface area contributed by atoms with E-state index in [1.54, 1.807) is 17.0 Å². The Bertz CT molecular complexity index is 1460. The molecular weight excluding hydrogens is 660 g/mol. The van der Waals surface area contributed by atoms with Gasteiger partial charge in [-0.15, -0.1) is 6.58 Å². The summed E-state index contributed by atoms with van der Waals surface area (Å²) in [5, 5.41) is 14.2. The van der Waals surface area contributed by atoms with Crippen LogP contribution in [-0.2, 0) is 24.0 Å². The number of carbonyl (C=O) groups excluding carboxylic acids is 6. The van der Waals surface area contributed by atoms with E-state index < -0.39 is 70.4 Å². The Morgan fingerprint density at radius 3 is 2.17 bits per heavy atom. The maximum Gasteiger partial charge on any atom is 0.319 e. The number of Topliss-reactive ketones (excluding diaryl/α,β-unsaturated/α-hetero) is 1. The lowest BCUT2D eigenvalue weighted by Crippen LogP contribution is -2.64. The van der Waals surface area contributed by atoms with Gasteiger partial charge >= 0.3 is 6.03 Å². The van der Waals surface area contributed by atoms with Crippen LogP contribution in [0.2, 0.25) is 0 Å². The van der Waals surface area contributed by atoms with Gasteiger partial charge in [0.15, 0.2) is 0 Å². The monoisotopic (exact) mass is 720 g/mol. The summed E-state index contributed by atoms with van der Waals surface area (Å²) in [5.74, 6) is -2.77. The number of para-hydroxylation sites is 1. The third-order valence-corrected chi connectivity index (χ3v) is 11.0. The number of benzene rings is 1. The van der Waals surface area contributed by atoms with Gasteiger partial charge in [0.25, 0.3) is 5.91 Å². The lowest BCUT2D eigenvalue weighted by atomic mass is 9.70.